The minimum Gasteiger partial charge on any atom is -0.468 e. The van der Waals surface area contributed by atoms with Crippen LogP contribution in [0.2, 0.25) is 0 Å². The Balaban J connectivity index is 1.81. The molecule has 0 N–H and O–H groups in total. The Labute approximate surface area is 127 Å². The lowest BCUT2D eigenvalue weighted by Gasteiger charge is -2.15. The maximum atomic E-state index is 5.71. The van der Waals surface area contributed by atoms with Crippen LogP contribution >= 0.6 is 0 Å². The van der Waals surface area contributed by atoms with E-state index in [4.69, 9.17) is 9.47 Å². The fraction of sp³-hybridized carbons (Fsp3) is 0.368. The Hall–Kier alpha value is -1.80. The Morgan fingerprint density at radius 3 is 2.14 bits per heavy atom. The van der Waals surface area contributed by atoms with Crippen molar-refractivity contribution in [3.8, 4) is 5.75 Å². The molecule has 0 aliphatic carbocycles. The van der Waals surface area contributed by atoms with Crippen molar-refractivity contribution in [2.24, 2.45) is 0 Å². The lowest BCUT2D eigenvalue weighted by atomic mass is 9.99. The van der Waals surface area contributed by atoms with Gasteiger partial charge in [0, 0.05) is 0 Å². The van der Waals surface area contributed by atoms with Gasteiger partial charge in [-0.05, 0) is 42.5 Å². The normalized spacial score (nSPS) is 13.7. The van der Waals surface area contributed by atoms with Gasteiger partial charge in [0.25, 0.3) is 0 Å². The van der Waals surface area contributed by atoms with Crippen molar-refractivity contribution in [2.75, 3.05) is 6.79 Å². The van der Waals surface area contributed by atoms with Crippen LogP contribution in [0.4, 0.5) is 0 Å². The molecule has 2 unspecified atom stereocenters. The molecule has 0 fully saturated rings. The van der Waals surface area contributed by atoms with E-state index in [2.05, 4.69) is 38.1 Å². The van der Waals surface area contributed by atoms with Crippen LogP contribution in [0, 0.1) is 0 Å². The molecule has 0 aliphatic rings. The third-order valence-electron chi connectivity index (χ3n) is 3.87. The van der Waals surface area contributed by atoms with Gasteiger partial charge in [-0.1, -0.05) is 56.3 Å². The van der Waals surface area contributed by atoms with Crippen molar-refractivity contribution in [3.63, 3.8) is 0 Å². The third-order valence-corrected chi connectivity index (χ3v) is 3.87. The van der Waals surface area contributed by atoms with E-state index in [1.807, 2.05) is 37.3 Å². The molecule has 2 atom stereocenters. The first kappa shape index (κ1) is 15.6. The second kappa shape index (κ2) is 7.84. The minimum absolute atomic E-state index is 0.0330. The first-order chi connectivity index (χ1) is 10.2. The molecule has 0 spiro atoms. The van der Waals surface area contributed by atoms with Crippen molar-refractivity contribution >= 4 is 0 Å². The standard InChI is InChI=1S/C19H24O2/c1-4-15(2)17-10-12-19(13-11-17)21-14-20-16(3)18-8-6-5-7-9-18/h5-13,15-16H,4,14H2,1-3H3. The zero-order valence-electron chi connectivity index (χ0n) is 13.1. The smallest absolute Gasteiger partial charge is 0.189 e. The molecule has 0 saturated heterocycles. The second-order valence-electron chi connectivity index (χ2n) is 5.36. The first-order valence-electron chi connectivity index (χ1n) is 7.60. The lowest BCUT2D eigenvalue weighted by Crippen LogP contribution is -2.07. The molecule has 2 aromatic carbocycles. The molecular weight excluding hydrogens is 260 g/mol. The second-order valence-corrected chi connectivity index (χ2v) is 5.36. The van der Waals surface area contributed by atoms with E-state index in [1.54, 1.807) is 0 Å². The van der Waals surface area contributed by atoms with Gasteiger partial charge in [0.1, 0.15) is 5.75 Å². The fourth-order valence-corrected chi connectivity index (χ4v) is 2.15. The van der Waals surface area contributed by atoms with Gasteiger partial charge in [0.15, 0.2) is 6.79 Å². The minimum atomic E-state index is 0.0330. The third kappa shape index (κ3) is 4.61. The number of ether oxygens (including phenoxy) is 2. The van der Waals surface area contributed by atoms with Crippen molar-refractivity contribution in [1.82, 2.24) is 0 Å². The van der Waals surface area contributed by atoms with Gasteiger partial charge in [-0.15, -0.1) is 0 Å². The summed E-state index contributed by atoms with van der Waals surface area (Å²) in [7, 11) is 0. The van der Waals surface area contributed by atoms with Crippen LogP contribution in [0.25, 0.3) is 0 Å². The van der Waals surface area contributed by atoms with Crippen LogP contribution in [0.5, 0.6) is 5.75 Å². The van der Waals surface area contributed by atoms with Gasteiger partial charge in [-0.3, -0.25) is 0 Å². The van der Waals surface area contributed by atoms with E-state index in [-0.39, 0.29) is 12.9 Å². The summed E-state index contributed by atoms with van der Waals surface area (Å²) in [6.07, 6.45) is 1.18. The zero-order valence-corrected chi connectivity index (χ0v) is 13.1. The monoisotopic (exact) mass is 284 g/mol. The first-order valence-corrected chi connectivity index (χ1v) is 7.60. The van der Waals surface area contributed by atoms with Crippen LogP contribution < -0.4 is 4.74 Å². The average Bonchev–Trinajstić information content (AvgIpc) is 2.55. The molecule has 112 valence electrons. The number of benzene rings is 2. The molecular formula is C19H24O2. The molecule has 0 bridgehead atoms. The molecule has 0 heterocycles. The van der Waals surface area contributed by atoms with Crippen molar-refractivity contribution in [2.45, 2.75) is 39.2 Å². The summed E-state index contributed by atoms with van der Waals surface area (Å²) in [6, 6.07) is 18.4. The predicted molar refractivity (Wildman–Crippen MR) is 86.6 cm³/mol. The Morgan fingerprint density at radius 2 is 1.52 bits per heavy atom. The van der Waals surface area contributed by atoms with E-state index in [0.29, 0.717) is 5.92 Å². The van der Waals surface area contributed by atoms with Crippen LogP contribution in [-0.2, 0) is 4.74 Å². The Kier molecular flexibility index (Phi) is 5.82. The Bertz CT molecular complexity index is 519. The van der Waals surface area contributed by atoms with E-state index in [0.717, 1.165) is 17.7 Å². The van der Waals surface area contributed by atoms with E-state index in [9.17, 15) is 0 Å². The highest BCUT2D eigenvalue weighted by Gasteiger charge is 2.06. The molecule has 0 aromatic heterocycles. The highest BCUT2D eigenvalue weighted by atomic mass is 16.7. The largest absolute Gasteiger partial charge is 0.468 e. The van der Waals surface area contributed by atoms with Crippen LogP contribution in [0.1, 0.15) is 50.3 Å². The SMILES string of the molecule is CCC(C)c1ccc(OCOC(C)c2ccccc2)cc1. The fourth-order valence-electron chi connectivity index (χ4n) is 2.15. The average molecular weight is 284 g/mol. The summed E-state index contributed by atoms with van der Waals surface area (Å²) < 4.78 is 11.4. The van der Waals surface area contributed by atoms with Crippen LogP contribution in [0.15, 0.2) is 54.6 Å². The summed E-state index contributed by atoms with van der Waals surface area (Å²) >= 11 is 0. The highest BCUT2D eigenvalue weighted by molar-refractivity contribution is 5.29. The molecule has 2 nitrogen and oxygen atoms in total. The van der Waals surface area contributed by atoms with Gasteiger partial charge in [-0.2, -0.15) is 0 Å². The summed E-state index contributed by atoms with van der Waals surface area (Å²) in [5, 5.41) is 0. The van der Waals surface area contributed by atoms with Gasteiger partial charge in [0.2, 0.25) is 0 Å². The maximum absolute atomic E-state index is 5.71. The van der Waals surface area contributed by atoms with Crippen molar-refractivity contribution in [1.29, 1.82) is 0 Å². The van der Waals surface area contributed by atoms with Crippen LogP contribution in [0.3, 0.4) is 0 Å². The van der Waals surface area contributed by atoms with Gasteiger partial charge < -0.3 is 9.47 Å². The van der Waals surface area contributed by atoms with Crippen LogP contribution in [-0.4, -0.2) is 6.79 Å². The highest BCUT2D eigenvalue weighted by Crippen LogP contribution is 2.22. The molecule has 2 rings (SSSR count). The molecule has 0 saturated carbocycles. The number of hydrogen-bond donors (Lipinski definition) is 0. The number of hydrogen-bond acceptors (Lipinski definition) is 2. The lowest BCUT2D eigenvalue weighted by molar-refractivity contribution is -0.0294. The molecule has 0 amide bonds. The van der Waals surface area contributed by atoms with Gasteiger partial charge in [-0.25, -0.2) is 0 Å². The van der Waals surface area contributed by atoms with Crippen molar-refractivity contribution < 1.29 is 9.47 Å². The van der Waals surface area contributed by atoms with E-state index < -0.39 is 0 Å². The predicted octanol–water partition coefficient (Wildman–Crippen LogP) is 5.31. The summed E-state index contributed by atoms with van der Waals surface area (Å²) in [6.45, 7) is 6.73. The molecule has 0 radical (unpaired) electrons. The molecule has 21 heavy (non-hydrogen) atoms. The Morgan fingerprint density at radius 1 is 0.857 bits per heavy atom. The van der Waals surface area contributed by atoms with Crippen molar-refractivity contribution in [3.05, 3.63) is 65.7 Å². The summed E-state index contributed by atoms with van der Waals surface area (Å²) in [5.74, 6) is 1.44. The van der Waals surface area contributed by atoms with Gasteiger partial charge in [0.05, 0.1) is 6.10 Å². The molecule has 2 heteroatoms. The summed E-state index contributed by atoms with van der Waals surface area (Å²) in [5.41, 5.74) is 2.51. The quantitative estimate of drug-likeness (QED) is 0.641. The van der Waals surface area contributed by atoms with E-state index in [1.165, 1.54) is 5.56 Å². The molecule has 2 aromatic rings. The topological polar surface area (TPSA) is 18.5 Å². The van der Waals surface area contributed by atoms with E-state index >= 15 is 0 Å². The number of rotatable bonds is 7. The molecule has 0 aliphatic heterocycles. The summed E-state index contributed by atoms with van der Waals surface area (Å²) in [4.78, 5) is 0. The maximum Gasteiger partial charge on any atom is 0.189 e. The zero-order chi connectivity index (χ0) is 15.1. The van der Waals surface area contributed by atoms with Gasteiger partial charge >= 0.3 is 0 Å².